The Balaban J connectivity index is 1.75. The number of fused-ring (bicyclic) bond motifs is 1. The highest BCUT2D eigenvalue weighted by atomic mass is 19.4. The highest BCUT2D eigenvalue weighted by molar-refractivity contribution is 5.78. The number of nitrogens with zero attached hydrogens (tertiary/aromatic N) is 3. The van der Waals surface area contributed by atoms with Crippen LogP contribution in [0.4, 0.5) is 13.2 Å². The van der Waals surface area contributed by atoms with Gasteiger partial charge in [-0.2, -0.15) is 23.1 Å². The minimum atomic E-state index is -4.64. The molecule has 0 saturated carbocycles. The van der Waals surface area contributed by atoms with Gasteiger partial charge >= 0.3 is 18.2 Å². The van der Waals surface area contributed by atoms with Crippen LogP contribution in [0.1, 0.15) is 30.0 Å². The van der Waals surface area contributed by atoms with Gasteiger partial charge in [0.1, 0.15) is 11.5 Å². The maximum atomic E-state index is 13.4. The zero-order valence-corrected chi connectivity index (χ0v) is 20.0. The first-order valence-corrected chi connectivity index (χ1v) is 11.2. The number of benzene rings is 2. The Bertz CT molecular complexity index is 1430. The second kappa shape index (κ2) is 10.3. The molecule has 12 heteroatoms. The van der Waals surface area contributed by atoms with Gasteiger partial charge in [-0.15, -0.1) is 0 Å². The van der Waals surface area contributed by atoms with Crippen molar-refractivity contribution < 1.29 is 41.7 Å². The molecule has 9 nitrogen and oxygen atoms in total. The van der Waals surface area contributed by atoms with Crippen LogP contribution in [0.15, 0.2) is 40.8 Å². The Morgan fingerprint density at radius 3 is 2.41 bits per heavy atom. The van der Waals surface area contributed by atoms with Crippen LogP contribution in [-0.4, -0.2) is 39.2 Å². The van der Waals surface area contributed by atoms with E-state index in [4.69, 9.17) is 23.7 Å². The van der Waals surface area contributed by atoms with Crippen molar-refractivity contribution in [2.75, 3.05) is 13.2 Å². The second-order valence-electron chi connectivity index (χ2n) is 8.05. The maximum Gasteiger partial charge on any atom is 0.419 e. The fourth-order valence-electron chi connectivity index (χ4n) is 3.57. The molecule has 0 aliphatic heterocycles. The molecule has 0 bridgehead atoms. The third-order valence-electron chi connectivity index (χ3n) is 5.09. The minimum Gasteiger partial charge on any atom is -0.481 e. The molecule has 0 saturated heterocycles. The van der Waals surface area contributed by atoms with Crippen LogP contribution >= 0.6 is 0 Å². The molecule has 1 N–H and O–H groups in total. The molecule has 0 atom stereocenters. The van der Waals surface area contributed by atoms with Crippen LogP contribution < -0.4 is 14.2 Å². The molecular weight excluding hydrogens is 495 g/mol. The minimum absolute atomic E-state index is 0.00352. The third-order valence-corrected chi connectivity index (χ3v) is 5.09. The number of carboxylic acids is 1. The van der Waals surface area contributed by atoms with E-state index in [1.54, 1.807) is 26.0 Å². The zero-order valence-electron chi connectivity index (χ0n) is 20.0. The van der Waals surface area contributed by atoms with Crippen LogP contribution in [0.2, 0.25) is 0 Å². The molecule has 0 aliphatic rings. The molecule has 2 aromatic carbocycles. The molecule has 0 aliphatic carbocycles. The smallest absolute Gasteiger partial charge is 0.419 e. The summed E-state index contributed by atoms with van der Waals surface area (Å²) in [6.07, 6.45) is -4.00. The van der Waals surface area contributed by atoms with E-state index >= 15 is 0 Å². The molecule has 0 amide bonds. The number of oxazole rings is 1. The highest BCUT2D eigenvalue weighted by Gasteiger charge is 2.34. The van der Waals surface area contributed by atoms with Crippen molar-refractivity contribution in [3.63, 3.8) is 0 Å². The molecule has 4 aromatic rings. The average Bonchev–Trinajstić information content (AvgIpc) is 3.26. The normalized spacial score (nSPS) is 11.5. The van der Waals surface area contributed by atoms with Gasteiger partial charge < -0.3 is 23.7 Å². The van der Waals surface area contributed by atoms with Gasteiger partial charge in [0.2, 0.25) is 5.89 Å². The third kappa shape index (κ3) is 5.74. The summed E-state index contributed by atoms with van der Waals surface area (Å²) in [6, 6.07) is 7.71. The first-order chi connectivity index (χ1) is 17.6. The first kappa shape index (κ1) is 25.7. The summed E-state index contributed by atoms with van der Waals surface area (Å²) >= 11 is 0. The molecule has 0 unspecified atom stereocenters. The van der Waals surface area contributed by atoms with E-state index in [0.717, 1.165) is 12.1 Å². The van der Waals surface area contributed by atoms with E-state index < -0.39 is 36.1 Å². The first-order valence-electron chi connectivity index (χ1n) is 11.2. The number of para-hydroxylation sites is 1. The predicted octanol–water partition coefficient (Wildman–Crippen LogP) is 5.96. The van der Waals surface area contributed by atoms with Gasteiger partial charge in [0.15, 0.2) is 12.1 Å². The molecule has 4 rings (SSSR count). The Hall–Kier alpha value is -4.35. The van der Waals surface area contributed by atoms with E-state index in [0.29, 0.717) is 28.9 Å². The lowest BCUT2D eigenvalue weighted by atomic mass is 10.1. The van der Waals surface area contributed by atoms with Crippen LogP contribution in [0.5, 0.6) is 23.4 Å². The van der Waals surface area contributed by atoms with Gasteiger partial charge in [0, 0.05) is 5.56 Å². The number of aliphatic carboxylic acids is 1. The van der Waals surface area contributed by atoms with Crippen molar-refractivity contribution in [3.8, 4) is 34.8 Å². The van der Waals surface area contributed by atoms with Crippen molar-refractivity contribution in [1.29, 1.82) is 0 Å². The number of aromatic nitrogens is 3. The predicted molar refractivity (Wildman–Crippen MR) is 125 cm³/mol. The number of hydrogen-bond acceptors (Lipinski definition) is 8. The summed E-state index contributed by atoms with van der Waals surface area (Å²) < 4.78 is 62.5. The highest BCUT2D eigenvalue weighted by Crippen LogP contribution is 2.39. The number of ether oxygens (including phenoxy) is 3. The van der Waals surface area contributed by atoms with Gasteiger partial charge in [0.25, 0.3) is 11.6 Å². The van der Waals surface area contributed by atoms with Crippen molar-refractivity contribution in [2.24, 2.45) is 0 Å². The van der Waals surface area contributed by atoms with Crippen molar-refractivity contribution in [2.45, 2.75) is 33.4 Å². The van der Waals surface area contributed by atoms with Crippen LogP contribution in [0, 0.1) is 13.8 Å². The van der Waals surface area contributed by atoms with Gasteiger partial charge in [0.05, 0.1) is 12.2 Å². The Morgan fingerprint density at radius 1 is 1.05 bits per heavy atom. The number of halogens is 3. The molecule has 0 radical (unpaired) electrons. The Kier molecular flexibility index (Phi) is 7.18. The summed E-state index contributed by atoms with van der Waals surface area (Å²) in [5.74, 6) is -1.01. The number of carbonyl (C=O) groups is 1. The average molecular weight is 517 g/mol. The molecular formula is C25H22F3N3O6. The monoisotopic (exact) mass is 517 g/mol. The van der Waals surface area contributed by atoms with Gasteiger partial charge in [-0.25, -0.2) is 9.78 Å². The molecule has 2 aromatic heterocycles. The Labute approximate surface area is 208 Å². The summed E-state index contributed by atoms with van der Waals surface area (Å²) in [6.45, 7) is 5.15. The van der Waals surface area contributed by atoms with Gasteiger partial charge in [-0.3, -0.25) is 0 Å². The van der Waals surface area contributed by atoms with Crippen LogP contribution in [-0.2, 0) is 11.0 Å². The van der Waals surface area contributed by atoms with E-state index in [1.165, 1.54) is 12.1 Å². The summed E-state index contributed by atoms with van der Waals surface area (Å²) in [5.41, 5.74) is 0.990. The van der Waals surface area contributed by atoms with E-state index in [-0.39, 0.29) is 29.6 Å². The van der Waals surface area contributed by atoms with Crippen molar-refractivity contribution in [1.82, 2.24) is 15.0 Å². The number of hydrogen-bond donors (Lipinski definition) is 1. The molecule has 37 heavy (non-hydrogen) atoms. The van der Waals surface area contributed by atoms with E-state index in [2.05, 4.69) is 15.0 Å². The standard InChI is InChI=1S/C25H22F3N3O6/c1-4-9-34-22-19-23(31-24(30-22)36-17-8-6-5-7-16(17)25(26,27)28)37-21(29-19)15-10-13(2)20(14(3)11-15)35-12-18(32)33/h5-8,10-11H,4,9,12H2,1-3H3,(H,32,33). The molecule has 0 spiro atoms. The lowest BCUT2D eigenvalue weighted by molar-refractivity contribution is -0.139. The number of aryl methyl sites for hydroxylation is 2. The van der Waals surface area contributed by atoms with Crippen molar-refractivity contribution in [3.05, 3.63) is 53.1 Å². The lowest BCUT2D eigenvalue weighted by Gasteiger charge is -2.12. The van der Waals surface area contributed by atoms with Gasteiger partial charge in [-0.1, -0.05) is 19.1 Å². The maximum absolute atomic E-state index is 13.4. The lowest BCUT2D eigenvalue weighted by Crippen LogP contribution is -2.10. The molecule has 194 valence electrons. The summed E-state index contributed by atoms with van der Waals surface area (Å²) in [5, 5.41) is 8.89. The van der Waals surface area contributed by atoms with Crippen LogP contribution in [0.25, 0.3) is 22.7 Å². The summed E-state index contributed by atoms with van der Waals surface area (Å²) in [4.78, 5) is 23.6. The number of rotatable bonds is 9. The Morgan fingerprint density at radius 2 is 1.76 bits per heavy atom. The summed E-state index contributed by atoms with van der Waals surface area (Å²) in [7, 11) is 0. The quantitative estimate of drug-likeness (QED) is 0.287. The van der Waals surface area contributed by atoms with E-state index in [1.807, 2.05) is 6.92 Å². The number of carboxylic acid groups (broad SMARTS) is 1. The van der Waals surface area contributed by atoms with E-state index in [9.17, 15) is 18.0 Å². The molecule has 2 heterocycles. The largest absolute Gasteiger partial charge is 0.481 e. The fraction of sp³-hybridized carbons (Fsp3) is 0.280. The molecule has 0 fully saturated rings. The van der Waals surface area contributed by atoms with Gasteiger partial charge in [-0.05, 0) is 55.7 Å². The topological polar surface area (TPSA) is 117 Å². The SMILES string of the molecule is CCCOc1nc(Oc2ccccc2C(F)(F)F)nc2oc(-c3cc(C)c(OCC(=O)O)c(C)c3)nc12. The fourth-order valence-corrected chi connectivity index (χ4v) is 3.57. The van der Waals surface area contributed by atoms with Crippen molar-refractivity contribution >= 4 is 17.2 Å². The second-order valence-corrected chi connectivity index (χ2v) is 8.05. The van der Waals surface area contributed by atoms with Crippen LogP contribution in [0.3, 0.4) is 0 Å². The number of alkyl halides is 3. The zero-order chi connectivity index (χ0) is 26.7.